The maximum absolute atomic E-state index is 5.49. The Balaban J connectivity index is 1.94. The summed E-state index contributed by atoms with van der Waals surface area (Å²) in [6, 6.07) is 4.43. The summed E-state index contributed by atoms with van der Waals surface area (Å²) in [4.78, 5) is 2.31. The molecule has 2 heterocycles. The minimum absolute atomic E-state index is 0.621. The normalized spacial score (nSPS) is 14.6. The van der Waals surface area contributed by atoms with E-state index in [0.29, 0.717) is 18.3 Å². The van der Waals surface area contributed by atoms with Gasteiger partial charge < -0.3 is 9.32 Å². The number of benzene rings is 1. The Kier molecular flexibility index (Phi) is 3.31. The lowest BCUT2D eigenvalue weighted by molar-refractivity contribution is 0.459. The minimum Gasteiger partial charge on any atom is -0.424 e. The SMILES string of the molecule is Cc1cc(Br)c2c(c1)CCCN2Cc1nnc(C)o1. The van der Waals surface area contributed by atoms with Gasteiger partial charge in [-0.05, 0) is 52.9 Å². The van der Waals surface area contributed by atoms with E-state index >= 15 is 0 Å². The summed E-state index contributed by atoms with van der Waals surface area (Å²) >= 11 is 3.68. The van der Waals surface area contributed by atoms with E-state index in [1.165, 1.54) is 16.8 Å². The van der Waals surface area contributed by atoms with Crippen molar-refractivity contribution in [3.8, 4) is 0 Å². The van der Waals surface area contributed by atoms with Crippen molar-refractivity contribution < 1.29 is 4.42 Å². The first-order valence-corrected chi connectivity index (χ1v) is 7.26. The highest BCUT2D eigenvalue weighted by Gasteiger charge is 2.21. The molecule has 100 valence electrons. The number of rotatable bonds is 2. The Bertz CT molecular complexity index is 609. The van der Waals surface area contributed by atoms with Crippen LogP contribution in [0.15, 0.2) is 21.0 Å². The molecule has 0 saturated heterocycles. The Hall–Kier alpha value is -1.36. The van der Waals surface area contributed by atoms with Crippen molar-refractivity contribution >= 4 is 21.6 Å². The van der Waals surface area contributed by atoms with E-state index in [1.807, 2.05) is 6.92 Å². The Morgan fingerprint density at radius 3 is 2.89 bits per heavy atom. The highest BCUT2D eigenvalue weighted by atomic mass is 79.9. The standard InChI is InChI=1S/C14H16BrN3O/c1-9-6-11-4-3-5-18(14(11)12(15)7-9)8-13-17-16-10(2)19-13/h6-7H,3-5,8H2,1-2H3. The monoisotopic (exact) mass is 321 g/mol. The van der Waals surface area contributed by atoms with Crippen LogP contribution in [0.25, 0.3) is 0 Å². The second kappa shape index (κ2) is 4.96. The molecule has 0 aliphatic carbocycles. The number of anilines is 1. The second-order valence-electron chi connectivity index (χ2n) is 4.99. The molecule has 0 saturated carbocycles. The second-order valence-corrected chi connectivity index (χ2v) is 5.85. The molecule has 5 heteroatoms. The Morgan fingerprint density at radius 1 is 1.32 bits per heavy atom. The number of nitrogens with zero attached hydrogens (tertiary/aromatic N) is 3. The number of fused-ring (bicyclic) bond motifs is 1. The fraction of sp³-hybridized carbons (Fsp3) is 0.429. The summed E-state index contributed by atoms with van der Waals surface area (Å²) in [7, 11) is 0. The third kappa shape index (κ3) is 2.52. The molecule has 0 spiro atoms. The van der Waals surface area contributed by atoms with Gasteiger partial charge in [0.2, 0.25) is 11.8 Å². The van der Waals surface area contributed by atoms with Crippen LogP contribution in [0.4, 0.5) is 5.69 Å². The van der Waals surface area contributed by atoms with Crippen molar-refractivity contribution in [1.82, 2.24) is 10.2 Å². The quantitative estimate of drug-likeness (QED) is 0.850. The summed E-state index contributed by atoms with van der Waals surface area (Å²) in [6.45, 7) is 5.65. The van der Waals surface area contributed by atoms with Crippen molar-refractivity contribution in [2.75, 3.05) is 11.4 Å². The molecule has 3 rings (SSSR count). The predicted molar refractivity (Wildman–Crippen MR) is 77.3 cm³/mol. The summed E-state index contributed by atoms with van der Waals surface area (Å²) in [5.74, 6) is 1.30. The van der Waals surface area contributed by atoms with Crippen molar-refractivity contribution in [1.29, 1.82) is 0 Å². The van der Waals surface area contributed by atoms with Gasteiger partial charge in [0.05, 0.1) is 12.2 Å². The van der Waals surface area contributed by atoms with Gasteiger partial charge in [0.25, 0.3) is 0 Å². The molecule has 0 N–H and O–H groups in total. The first-order chi connectivity index (χ1) is 9.13. The van der Waals surface area contributed by atoms with E-state index < -0.39 is 0 Å². The molecule has 4 nitrogen and oxygen atoms in total. The fourth-order valence-electron chi connectivity index (χ4n) is 2.65. The molecule has 1 aliphatic rings. The third-order valence-corrected chi connectivity index (χ3v) is 3.98. The van der Waals surface area contributed by atoms with Crippen LogP contribution in [0.1, 0.15) is 29.3 Å². The summed E-state index contributed by atoms with van der Waals surface area (Å²) in [6.07, 6.45) is 2.30. The topological polar surface area (TPSA) is 42.2 Å². The summed E-state index contributed by atoms with van der Waals surface area (Å²) < 4.78 is 6.64. The molecule has 1 aromatic carbocycles. The lowest BCUT2D eigenvalue weighted by Gasteiger charge is -2.31. The van der Waals surface area contributed by atoms with Crippen LogP contribution in [0.3, 0.4) is 0 Å². The fourth-order valence-corrected chi connectivity index (χ4v) is 3.51. The van der Waals surface area contributed by atoms with Crippen LogP contribution >= 0.6 is 15.9 Å². The molecule has 0 atom stereocenters. The van der Waals surface area contributed by atoms with E-state index in [2.05, 4.69) is 50.1 Å². The van der Waals surface area contributed by atoms with Gasteiger partial charge in [-0.25, -0.2) is 0 Å². The van der Waals surface area contributed by atoms with Crippen molar-refractivity contribution in [2.45, 2.75) is 33.2 Å². The molecule has 0 fully saturated rings. The number of hydrogen-bond donors (Lipinski definition) is 0. The molecular weight excluding hydrogens is 306 g/mol. The van der Waals surface area contributed by atoms with Gasteiger partial charge in [0, 0.05) is 17.9 Å². The zero-order valence-electron chi connectivity index (χ0n) is 11.1. The number of aryl methyl sites for hydroxylation is 3. The van der Waals surface area contributed by atoms with Crippen LogP contribution in [0.5, 0.6) is 0 Å². The van der Waals surface area contributed by atoms with Crippen molar-refractivity contribution in [3.05, 3.63) is 39.5 Å². The van der Waals surface area contributed by atoms with Gasteiger partial charge in [-0.2, -0.15) is 0 Å². The minimum atomic E-state index is 0.621. The average Bonchev–Trinajstić information content (AvgIpc) is 2.74. The predicted octanol–water partition coefficient (Wildman–Crippen LogP) is 3.40. The van der Waals surface area contributed by atoms with E-state index in [9.17, 15) is 0 Å². The first kappa shape index (κ1) is 12.7. The van der Waals surface area contributed by atoms with Crippen LogP contribution < -0.4 is 4.90 Å². The molecule has 1 aromatic heterocycles. The molecule has 0 radical (unpaired) electrons. The van der Waals surface area contributed by atoms with Crippen LogP contribution in [0, 0.1) is 13.8 Å². The van der Waals surface area contributed by atoms with Gasteiger partial charge in [0.1, 0.15) is 0 Å². The highest BCUT2D eigenvalue weighted by Crippen LogP contribution is 2.36. The smallest absolute Gasteiger partial charge is 0.235 e. The van der Waals surface area contributed by atoms with Gasteiger partial charge in [-0.3, -0.25) is 0 Å². The van der Waals surface area contributed by atoms with E-state index in [-0.39, 0.29) is 0 Å². The Morgan fingerprint density at radius 2 is 2.16 bits per heavy atom. The highest BCUT2D eigenvalue weighted by molar-refractivity contribution is 9.10. The zero-order chi connectivity index (χ0) is 13.4. The number of halogens is 1. The first-order valence-electron chi connectivity index (χ1n) is 6.46. The Labute approximate surface area is 121 Å². The molecule has 2 aromatic rings. The largest absolute Gasteiger partial charge is 0.424 e. The van der Waals surface area contributed by atoms with E-state index in [1.54, 1.807) is 0 Å². The third-order valence-electron chi connectivity index (χ3n) is 3.37. The molecule has 0 unspecified atom stereocenters. The molecule has 0 bridgehead atoms. The van der Waals surface area contributed by atoms with Crippen molar-refractivity contribution in [2.24, 2.45) is 0 Å². The molecule has 19 heavy (non-hydrogen) atoms. The summed E-state index contributed by atoms with van der Waals surface area (Å²) in [5, 5.41) is 7.98. The average molecular weight is 322 g/mol. The van der Waals surface area contributed by atoms with E-state index in [4.69, 9.17) is 4.42 Å². The molecular formula is C14H16BrN3O. The van der Waals surface area contributed by atoms with Gasteiger partial charge in [-0.15, -0.1) is 10.2 Å². The van der Waals surface area contributed by atoms with Crippen LogP contribution in [-0.2, 0) is 13.0 Å². The maximum Gasteiger partial charge on any atom is 0.235 e. The lowest BCUT2D eigenvalue weighted by Crippen LogP contribution is -2.29. The molecule has 1 aliphatic heterocycles. The van der Waals surface area contributed by atoms with E-state index in [0.717, 1.165) is 23.9 Å². The van der Waals surface area contributed by atoms with Crippen molar-refractivity contribution in [3.63, 3.8) is 0 Å². The van der Waals surface area contributed by atoms with Gasteiger partial charge >= 0.3 is 0 Å². The lowest BCUT2D eigenvalue weighted by atomic mass is 9.99. The summed E-state index contributed by atoms with van der Waals surface area (Å²) in [5.41, 5.74) is 3.96. The number of aromatic nitrogens is 2. The zero-order valence-corrected chi connectivity index (χ0v) is 12.7. The number of hydrogen-bond acceptors (Lipinski definition) is 4. The van der Waals surface area contributed by atoms with Crippen LogP contribution in [-0.4, -0.2) is 16.7 Å². The van der Waals surface area contributed by atoms with Gasteiger partial charge in [0.15, 0.2) is 0 Å². The molecule has 0 amide bonds. The van der Waals surface area contributed by atoms with Gasteiger partial charge in [-0.1, -0.05) is 6.07 Å². The maximum atomic E-state index is 5.49. The van der Waals surface area contributed by atoms with Crippen LogP contribution in [0.2, 0.25) is 0 Å².